The van der Waals surface area contributed by atoms with Crippen molar-refractivity contribution in [3.05, 3.63) is 42.1 Å². The number of benzene rings is 1. The van der Waals surface area contributed by atoms with E-state index in [4.69, 9.17) is 10.5 Å². The Morgan fingerprint density at radius 2 is 2.00 bits per heavy atom. The number of amides is 1. The van der Waals surface area contributed by atoms with Crippen molar-refractivity contribution in [2.75, 3.05) is 38.8 Å². The number of aromatic nitrogens is 2. The first-order chi connectivity index (χ1) is 13.3. The van der Waals surface area contributed by atoms with Gasteiger partial charge in [0.2, 0.25) is 16.0 Å². The van der Waals surface area contributed by atoms with Gasteiger partial charge >= 0.3 is 0 Å². The summed E-state index contributed by atoms with van der Waals surface area (Å²) in [5.41, 5.74) is 7.12. The molecule has 1 aromatic carbocycles. The minimum Gasteiger partial charge on any atom is -0.379 e. The van der Waals surface area contributed by atoms with E-state index in [1.807, 2.05) is 30.3 Å². The van der Waals surface area contributed by atoms with Gasteiger partial charge in [0.1, 0.15) is 0 Å². The molecule has 1 aromatic heterocycles. The Hall–Kier alpha value is -2.56. The first-order valence-corrected chi connectivity index (χ1v) is 10.4. The fourth-order valence-electron chi connectivity index (χ4n) is 2.97. The maximum atomic E-state index is 12.9. The number of nitrogens with zero attached hydrogens (tertiary/aromatic N) is 3. The van der Waals surface area contributed by atoms with Crippen molar-refractivity contribution < 1.29 is 17.9 Å². The number of rotatable bonds is 6. The maximum absolute atomic E-state index is 12.9. The van der Waals surface area contributed by atoms with E-state index in [2.05, 4.69) is 15.3 Å². The zero-order valence-electron chi connectivity index (χ0n) is 15.7. The number of carbonyl (C=O) groups is 1. The van der Waals surface area contributed by atoms with Crippen molar-refractivity contribution in [2.24, 2.45) is 5.92 Å². The summed E-state index contributed by atoms with van der Waals surface area (Å²) in [7, 11) is -0.445. The Morgan fingerprint density at radius 3 is 2.68 bits per heavy atom. The van der Waals surface area contributed by atoms with Gasteiger partial charge < -0.3 is 15.8 Å². The fourth-order valence-corrected chi connectivity index (χ4v) is 4.13. The van der Waals surface area contributed by atoms with Crippen molar-refractivity contribution in [2.45, 2.75) is 6.04 Å². The number of sulfonamides is 1. The quantitative estimate of drug-likeness (QED) is 0.710. The van der Waals surface area contributed by atoms with Gasteiger partial charge in [0.05, 0.1) is 36.3 Å². The van der Waals surface area contributed by atoms with Gasteiger partial charge in [-0.15, -0.1) is 0 Å². The molecule has 0 aliphatic carbocycles. The lowest BCUT2D eigenvalue weighted by atomic mass is 10.0. The van der Waals surface area contributed by atoms with E-state index < -0.39 is 22.0 Å². The summed E-state index contributed by atoms with van der Waals surface area (Å²) >= 11 is 0. The van der Waals surface area contributed by atoms with Gasteiger partial charge in [-0.3, -0.25) is 4.79 Å². The largest absolute Gasteiger partial charge is 0.379 e. The van der Waals surface area contributed by atoms with Crippen molar-refractivity contribution in [3.8, 4) is 11.3 Å². The first-order valence-electron chi connectivity index (χ1n) is 8.74. The minimum atomic E-state index is -3.41. The minimum absolute atomic E-state index is 0.0644. The monoisotopic (exact) mass is 405 g/mol. The highest BCUT2D eigenvalue weighted by molar-refractivity contribution is 7.89. The highest BCUT2D eigenvalue weighted by Crippen LogP contribution is 2.23. The third kappa shape index (κ3) is 4.46. The summed E-state index contributed by atoms with van der Waals surface area (Å²) in [5.74, 6) is -0.781. The molecular weight excluding hydrogens is 382 g/mol. The molecule has 0 unspecified atom stereocenters. The SMILES string of the molecule is CN(C)S(=O)(=O)C[C@@H]1COC[C@H]1NC(=O)c1cnc(N)nc1-c1ccccc1. The van der Waals surface area contributed by atoms with Crippen LogP contribution >= 0.6 is 0 Å². The summed E-state index contributed by atoms with van der Waals surface area (Å²) in [6.07, 6.45) is 1.38. The molecule has 3 N–H and O–H groups in total. The summed E-state index contributed by atoms with van der Waals surface area (Å²) in [6.45, 7) is 0.512. The molecule has 1 aliphatic rings. The molecule has 0 bridgehead atoms. The molecule has 0 radical (unpaired) electrons. The third-order valence-electron chi connectivity index (χ3n) is 4.60. The maximum Gasteiger partial charge on any atom is 0.255 e. The van der Waals surface area contributed by atoms with E-state index >= 15 is 0 Å². The molecule has 28 heavy (non-hydrogen) atoms. The van der Waals surface area contributed by atoms with Crippen LogP contribution in [-0.2, 0) is 14.8 Å². The van der Waals surface area contributed by atoms with Crippen molar-refractivity contribution >= 4 is 21.9 Å². The van der Waals surface area contributed by atoms with Crippen LogP contribution in [0.15, 0.2) is 36.5 Å². The van der Waals surface area contributed by atoms with Gasteiger partial charge in [0, 0.05) is 31.8 Å². The molecule has 1 fully saturated rings. The Labute approximate surface area is 164 Å². The van der Waals surface area contributed by atoms with Gasteiger partial charge in [0.25, 0.3) is 5.91 Å². The van der Waals surface area contributed by atoms with E-state index in [0.29, 0.717) is 5.69 Å². The van der Waals surface area contributed by atoms with Crippen LogP contribution in [0.5, 0.6) is 0 Å². The second kappa shape index (κ2) is 8.21. The van der Waals surface area contributed by atoms with Crippen LogP contribution in [0.3, 0.4) is 0 Å². The Morgan fingerprint density at radius 1 is 1.29 bits per heavy atom. The van der Waals surface area contributed by atoms with Crippen LogP contribution in [0.1, 0.15) is 10.4 Å². The smallest absolute Gasteiger partial charge is 0.255 e. The number of ether oxygens (including phenoxy) is 1. The molecule has 2 atom stereocenters. The number of nitrogen functional groups attached to an aromatic ring is 1. The van der Waals surface area contributed by atoms with Crippen LogP contribution < -0.4 is 11.1 Å². The summed E-state index contributed by atoms with van der Waals surface area (Å²) in [4.78, 5) is 21.1. The number of anilines is 1. The van der Waals surface area contributed by atoms with Crippen molar-refractivity contribution in [1.29, 1.82) is 0 Å². The number of nitrogens with two attached hydrogens (primary N) is 1. The molecule has 150 valence electrons. The Balaban J connectivity index is 1.82. The molecule has 10 heteroatoms. The number of hydrogen-bond donors (Lipinski definition) is 2. The molecule has 0 saturated carbocycles. The molecule has 1 saturated heterocycles. The standard InChI is InChI=1S/C18H23N5O4S/c1-23(2)28(25,26)11-13-9-27-10-15(13)21-17(24)14-8-20-18(19)22-16(14)12-6-4-3-5-7-12/h3-8,13,15H,9-11H2,1-2H3,(H,21,24)(H2,19,20,22)/t13-,15+/m0/s1. The van der Waals surface area contributed by atoms with Crippen molar-refractivity contribution in [1.82, 2.24) is 19.6 Å². The highest BCUT2D eigenvalue weighted by atomic mass is 32.2. The van der Waals surface area contributed by atoms with E-state index in [1.54, 1.807) is 0 Å². The lowest BCUT2D eigenvalue weighted by molar-refractivity contribution is 0.0926. The van der Waals surface area contributed by atoms with Gasteiger partial charge in [-0.1, -0.05) is 30.3 Å². The average Bonchev–Trinajstić information content (AvgIpc) is 3.08. The summed E-state index contributed by atoms with van der Waals surface area (Å²) < 4.78 is 31.0. The van der Waals surface area contributed by atoms with Crippen LogP contribution in [-0.4, -0.2) is 67.7 Å². The third-order valence-corrected chi connectivity index (χ3v) is 6.56. The molecule has 9 nitrogen and oxygen atoms in total. The van der Waals surface area contributed by atoms with E-state index in [9.17, 15) is 13.2 Å². The van der Waals surface area contributed by atoms with E-state index in [-0.39, 0.29) is 36.4 Å². The molecule has 3 rings (SSSR count). The highest BCUT2D eigenvalue weighted by Gasteiger charge is 2.34. The first kappa shape index (κ1) is 20.2. The number of carbonyl (C=O) groups excluding carboxylic acids is 1. The lowest BCUT2D eigenvalue weighted by Crippen LogP contribution is -2.43. The average molecular weight is 405 g/mol. The molecule has 1 aliphatic heterocycles. The predicted octanol–water partition coefficient (Wildman–Crippen LogP) is 0.362. The van der Waals surface area contributed by atoms with Gasteiger partial charge in [-0.25, -0.2) is 22.7 Å². The van der Waals surface area contributed by atoms with Gasteiger partial charge in [-0.05, 0) is 0 Å². The van der Waals surface area contributed by atoms with E-state index in [0.717, 1.165) is 5.56 Å². The van der Waals surface area contributed by atoms with Crippen LogP contribution in [0.2, 0.25) is 0 Å². The zero-order valence-corrected chi connectivity index (χ0v) is 16.5. The predicted molar refractivity (Wildman–Crippen MR) is 105 cm³/mol. The van der Waals surface area contributed by atoms with Crippen LogP contribution in [0.4, 0.5) is 5.95 Å². The molecule has 2 heterocycles. The second-order valence-corrected chi connectivity index (χ2v) is 9.02. The molecule has 2 aromatic rings. The van der Waals surface area contributed by atoms with Crippen LogP contribution in [0, 0.1) is 5.92 Å². The topological polar surface area (TPSA) is 128 Å². The molecule has 1 amide bonds. The van der Waals surface area contributed by atoms with Crippen LogP contribution in [0.25, 0.3) is 11.3 Å². The number of hydrogen-bond acceptors (Lipinski definition) is 7. The van der Waals surface area contributed by atoms with Gasteiger partial charge in [-0.2, -0.15) is 0 Å². The lowest BCUT2D eigenvalue weighted by Gasteiger charge is -2.21. The van der Waals surface area contributed by atoms with Crippen molar-refractivity contribution in [3.63, 3.8) is 0 Å². The van der Waals surface area contributed by atoms with Gasteiger partial charge in [0.15, 0.2) is 0 Å². The van der Waals surface area contributed by atoms with E-state index in [1.165, 1.54) is 24.6 Å². The molecular formula is C18H23N5O4S. The Bertz CT molecular complexity index is 950. The zero-order chi connectivity index (χ0) is 20.3. The normalized spacial score (nSPS) is 19.7. The Kier molecular flexibility index (Phi) is 5.92. The number of nitrogens with one attached hydrogen (secondary N) is 1. The summed E-state index contributed by atoms with van der Waals surface area (Å²) in [5, 5.41) is 2.87. The molecule has 0 spiro atoms. The summed E-state index contributed by atoms with van der Waals surface area (Å²) in [6, 6.07) is 8.75. The second-order valence-electron chi connectivity index (χ2n) is 6.79. The fraction of sp³-hybridized carbons (Fsp3) is 0.389.